The van der Waals surface area contributed by atoms with Crippen molar-refractivity contribution in [1.82, 2.24) is 0 Å². The molecule has 0 N–H and O–H groups in total. The first-order valence-corrected chi connectivity index (χ1v) is 7.79. The van der Waals surface area contributed by atoms with Crippen LogP contribution in [0.5, 0.6) is 0 Å². The van der Waals surface area contributed by atoms with Gasteiger partial charge in [-0.2, -0.15) is 0 Å². The fraction of sp³-hybridized carbons (Fsp3) is 0.556. The molecule has 0 spiro atoms. The summed E-state index contributed by atoms with van der Waals surface area (Å²) < 4.78 is 6.45. The van der Waals surface area contributed by atoms with Crippen LogP contribution in [0.15, 0.2) is 30.3 Å². The number of carbonyl (C=O) groups is 2. The first-order valence-electron chi connectivity index (χ1n) is 7.79. The summed E-state index contributed by atoms with van der Waals surface area (Å²) in [6.45, 7) is 1.61. The zero-order valence-corrected chi connectivity index (χ0v) is 12.2. The summed E-state index contributed by atoms with van der Waals surface area (Å²) in [6.07, 6.45) is 4.27. The van der Waals surface area contributed by atoms with E-state index in [1.165, 1.54) is 5.56 Å². The summed E-state index contributed by atoms with van der Waals surface area (Å²) in [5.74, 6) is 0.647. The molecule has 2 saturated heterocycles. The number of hydrogen-bond donors (Lipinski definition) is 0. The van der Waals surface area contributed by atoms with E-state index >= 15 is 0 Å². The van der Waals surface area contributed by atoms with Gasteiger partial charge in [0.25, 0.3) is 0 Å². The van der Waals surface area contributed by atoms with E-state index in [-0.39, 0.29) is 28.8 Å². The molecule has 5 unspecified atom stereocenters. The van der Waals surface area contributed by atoms with Crippen LogP contribution in [-0.2, 0) is 19.9 Å². The SMILES string of the molecule is CC(=O)CC1C2CC3CC1(C=O)CC3(c1ccccc1)O2. The lowest BCUT2D eigenvalue weighted by atomic mass is 9.65. The van der Waals surface area contributed by atoms with Crippen LogP contribution in [0.25, 0.3) is 0 Å². The molecular formula is C18H20O3. The molecule has 1 aromatic rings. The van der Waals surface area contributed by atoms with Gasteiger partial charge in [-0.3, -0.25) is 0 Å². The number of hydrogen-bond acceptors (Lipinski definition) is 3. The summed E-state index contributed by atoms with van der Waals surface area (Å²) in [4.78, 5) is 23.5. The number of Topliss-reactive ketones (excluding diaryl/α,β-unsaturated/α-hetero) is 1. The molecule has 4 aliphatic rings. The van der Waals surface area contributed by atoms with Gasteiger partial charge in [-0.25, -0.2) is 0 Å². The minimum absolute atomic E-state index is 0.0619. The molecule has 5 atom stereocenters. The van der Waals surface area contributed by atoms with E-state index in [2.05, 4.69) is 12.1 Å². The number of ketones is 1. The number of carbonyl (C=O) groups excluding carboxylic acids is 2. The van der Waals surface area contributed by atoms with E-state index in [1.54, 1.807) is 6.92 Å². The molecule has 2 aliphatic carbocycles. The fourth-order valence-electron chi connectivity index (χ4n) is 5.19. The average molecular weight is 284 g/mol. The maximum Gasteiger partial charge on any atom is 0.130 e. The van der Waals surface area contributed by atoms with Crippen molar-refractivity contribution in [2.45, 2.75) is 44.3 Å². The third-order valence-corrected chi connectivity index (χ3v) is 5.95. The molecule has 5 rings (SSSR count). The van der Waals surface area contributed by atoms with Crippen LogP contribution in [0.4, 0.5) is 0 Å². The normalized spacial score (nSPS) is 43.2. The molecule has 0 radical (unpaired) electrons. The molecule has 21 heavy (non-hydrogen) atoms. The number of benzene rings is 1. The predicted molar refractivity (Wildman–Crippen MR) is 77.6 cm³/mol. The fourth-order valence-corrected chi connectivity index (χ4v) is 5.19. The molecule has 110 valence electrons. The summed E-state index contributed by atoms with van der Waals surface area (Å²) in [7, 11) is 0. The molecule has 3 nitrogen and oxygen atoms in total. The van der Waals surface area contributed by atoms with Crippen LogP contribution in [-0.4, -0.2) is 18.2 Å². The topological polar surface area (TPSA) is 43.4 Å². The predicted octanol–water partition coefficient (Wildman–Crippen LogP) is 2.88. The maximum absolute atomic E-state index is 11.9. The van der Waals surface area contributed by atoms with E-state index in [9.17, 15) is 9.59 Å². The standard InChI is InChI=1S/C18H20O3/c1-12(20)7-15-16-8-14-9-17(15,11-19)10-18(14,21-16)13-5-3-2-4-6-13/h2-6,11,14-16H,7-10H2,1H3. The Labute approximate surface area is 124 Å². The van der Waals surface area contributed by atoms with Gasteiger partial charge in [0.05, 0.1) is 11.7 Å². The Bertz CT molecular complexity index is 596. The molecular weight excluding hydrogens is 264 g/mol. The Hall–Kier alpha value is -1.48. The molecule has 0 amide bonds. The van der Waals surface area contributed by atoms with Crippen molar-refractivity contribution in [3.8, 4) is 0 Å². The van der Waals surface area contributed by atoms with E-state index in [1.807, 2.05) is 18.2 Å². The van der Waals surface area contributed by atoms with Crippen LogP contribution in [0, 0.1) is 17.3 Å². The third-order valence-electron chi connectivity index (χ3n) is 5.95. The van der Waals surface area contributed by atoms with E-state index in [0.29, 0.717) is 12.3 Å². The van der Waals surface area contributed by atoms with Crippen molar-refractivity contribution in [2.75, 3.05) is 0 Å². The van der Waals surface area contributed by atoms with Crippen molar-refractivity contribution in [3.05, 3.63) is 35.9 Å². The number of rotatable bonds is 4. The molecule has 4 fully saturated rings. The molecule has 0 aromatic heterocycles. The van der Waals surface area contributed by atoms with Crippen LogP contribution in [0.1, 0.15) is 38.2 Å². The van der Waals surface area contributed by atoms with Gasteiger partial charge >= 0.3 is 0 Å². The van der Waals surface area contributed by atoms with Crippen LogP contribution in [0.3, 0.4) is 0 Å². The maximum atomic E-state index is 11.9. The summed E-state index contributed by atoms with van der Waals surface area (Å²) >= 11 is 0. The quantitative estimate of drug-likeness (QED) is 0.798. The van der Waals surface area contributed by atoms with E-state index in [0.717, 1.165) is 25.5 Å². The third kappa shape index (κ3) is 1.64. The second-order valence-corrected chi connectivity index (χ2v) is 7.09. The second-order valence-electron chi connectivity index (χ2n) is 7.09. The Kier molecular flexibility index (Phi) is 2.68. The largest absolute Gasteiger partial charge is 0.366 e. The van der Waals surface area contributed by atoms with Gasteiger partial charge in [0.2, 0.25) is 0 Å². The van der Waals surface area contributed by atoms with Gasteiger partial charge in [-0.15, -0.1) is 0 Å². The van der Waals surface area contributed by atoms with Gasteiger partial charge in [-0.1, -0.05) is 30.3 Å². The van der Waals surface area contributed by atoms with Crippen LogP contribution in [0.2, 0.25) is 0 Å². The van der Waals surface area contributed by atoms with Crippen molar-refractivity contribution < 1.29 is 14.3 Å². The smallest absolute Gasteiger partial charge is 0.130 e. The highest BCUT2D eigenvalue weighted by Gasteiger charge is 2.69. The summed E-state index contributed by atoms with van der Waals surface area (Å²) in [5, 5.41) is 0. The van der Waals surface area contributed by atoms with Gasteiger partial charge in [0, 0.05) is 17.8 Å². The first kappa shape index (κ1) is 13.2. The second kappa shape index (κ2) is 4.26. The van der Waals surface area contributed by atoms with Crippen LogP contribution >= 0.6 is 0 Å². The Morgan fingerprint density at radius 3 is 2.81 bits per heavy atom. The lowest BCUT2D eigenvalue weighted by molar-refractivity contribution is -0.158. The van der Waals surface area contributed by atoms with Gasteiger partial charge in [0.15, 0.2) is 0 Å². The first-order chi connectivity index (χ1) is 10.1. The Morgan fingerprint density at radius 2 is 2.14 bits per heavy atom. The molecule has 2 heterocycles. The number of ether oxygens (including phenoxy) is 1. The molecule has 2 saturated carbocycles. The minimum Gasteiger partial charge on any atom is -0.366 e. The average Bonchev–Trinajstić information content (AvgIpc) is 2.92. The zero-order chi connectivity index (χ0) is 14.7. The number of aldehydes is 1. The van der Waals surface area contributed by atoms with Gasteiger partial charge < -0.3 is 14.3 Å². The van der Waals surface area contributed by atoms with Gasteiger partial charge in [-0.05, 0) is 37.7 Å². The lowest BCUT2D eigenvalue weighted by Crippen LogP contribution is -2.47. The van der Waals surface area contributed by atoms with E-state index in [4.69, 9.17) is 4.74 Å². The lowest BCUT2D eigenvalue weighted by Gasteiger charge is -2.44. The summed E-state index contributed by atoms with van der Waals surface area (Å²) in [5.41, 5.74) is 0.551. The molecule has 3 heteroatoms. The minimum atomic E-state index is -0.354. The Balaban J connectivity index is 1.76. The molecule has 2 aliphatic heterocycles. The monoisotopic (exact) mass is 284 g/mol. The highest BCUT2D eigenvalue weighted by Crippen LogP contribution is 2.69. The highest BCUT2D eigenvalue weighted by atomic mass is 16.5. The van der Waals surface area contributed by atoms with Crippen molar-refractivity contribution in [2.24, 2.45) is 17.3 Å². The van der Waals surface area contributed by atoms with E-state index < -0.39 is 0 Å². The molecule has 1 aromatic carbocycles. The van der Waals surface area contributed by atoms with Crippen LogP contribution < -0.4 is 0 Å². The van der Waals surface area contributed by atoms with Crippen molar-refractivity contribution >= 4 is 12.1 Å². The van der Waals surface area contributed by atoms with Gasteiger partial charge in [0.1, 0.15) is 12.1 Å². The zero-order valence-electron chi connectivity index (χ0n) is 12.2. The molecule has 4 bridgehead atoms. The highest BCUT2D eigenvalue weighted by molar-refractivity contribution is 5.77. The van der Waals surface area contributed by atoms with Crippen molar-refractivity contribution in [1.29, 1.82) is 0 Å². The summed E-state index contributed by atoms with van der Waals surface area (Å²) in [6, 6.07) is 10.3. The Morgan fingerprint density at radius 1 is 1.38 bits per heavy atom. The van der Waals surface area contributed by atoms with Crippen molar-refractivity contribution in [3.63, 3.8) is 0 Å².